The van der Waals surface area contributed by atoms with E-state index < -0.39 is 0 Å². The molecule has 1 aromatic rings. The minimum atomic E-state index is 0.537. The molecule has 1 unspecified atom stereocenters. The Kier molecular flexibility index (Phi) is 8.24. The van der Waals surface area contributed by atoms with E-state index in [1.165, 1.54) is 11.1 Å². The summed E-state index contributed by atoms with van der Waals surface area (Å²) >= 11 is 0. The smallest absolute Gasteiger partial charge is 0.0236 e. The monoisotopic (exact) mass is 274 g/mol. The van der Waals surface area contributed by atoms with Gasteiger partial charge in [0.2, 0.25) is 0 Å². The van der Waals surface area contributed by atoms with Gasteiger partial charge in [0.1, 0.15) is 0 Å². The number of hydrogen-bond donors (Lipinski definition) is 1. The maximum Gasteiger partial charge on any atom is 0.0236 e. The standard InChI is InChI=1S/C18H30N2/c1-5-8-11-16(4)19-14-17-12-9-10-13-18(17)15-20(6-2)7-3/h5,9-10,12-13,16,19H,1,6-8,11,14-15H2,2-4H3. The van der Waals surface area contributed by atoms with Crippen LogP contribution >= 0.6 is 0 Å². The second-order valence-electron chi connectivity index (χ2n) is 5.38. The lowest BCUT2D eigenvalue weighted by Gasteiger charge is -2.21. The van der Waals surface area contributed by atoms with Crippen molar-refractivity contribution in [2.75, 3.05) is 13.1 Å². The van der Waals surface area contributed by atoms with Crippen molar-refractivity contribution in [3.63, 3.8) is 0 Å². The first-order chi connectivity index (χ1) is 9.71. The molecule has 0 fully saturated rings. The van der Waals surface area contributed by atoms with Gasteiger partial charge < -0.3 is 5.32 Å². The maximum absolute atomic E-state index is 3.78. The minimum Gasteiger partial charge on any atom is -0.310 e. The fourth-order valence-electron chi connectivity index (χ4n) is 2.33. The van der Waals surface area contributed by atoms with Crippen molar-refractivity contribution in [2.45, 2.75) is 52.7 Å². The summed E-state index contributed by atoms with van der Waals surface area (Å²) < 4.78 is 0. The fourth-order valence-corrected chi connectivity index (χ4v) is 2.33. The Morgan fingerprint density at radius 2 is 1.85 bits per heavy atom. The van der Waals surface area contributed by atoms with E-state index in [1.807, 2.05) is 6.08 Å². The van der Waals surface area contributed by atoms with Crippen molar-refractivity contribution in [3.8, 4) is 0 Å². The van der Waals surface area contributed by atoms with Crippen molar-refractivity contribution in [1.29, 1.82) is 0 Å². The Bertz CT molecular complexity index is 383. The number of rotatable bonds is 10. The summed E-state index contributed by atoms with van der Waals surface area (Å²) in [6, 6.07) is 9.31. The largest absolute Gasteiger partial charge is 0.310 e. The summed E-state index contributed by atoms with van der Waals surface area (Å²) in [5.41, 5.74) is 2.87. The molecule has 112 valence electrons. The Labute approximate surface area is 124 Å². The summed E-state index contributed by atoms with van der Waals surface area (Å²) in [7, 11) is 0. The van der Waals surface area contributed by atoms with Crippen LogP contribution in [0.2, 0.25) is 0 Å². The molecule has 0 bridgehead atoms. The fraction of sp³-hybridized carbons (Fsp3) is 0.556. The topological polar surface area (TPSA) is 15.3 Å². The summed E-state index contributed by atoms with van der Waals surface area (Å²) in [4.78, 5) is 2.46. The quantitative estimate of drug-likeness (QED) is 0.649. The van der Waals surface area contributed by atoms with Crippen LogP contribution in [0.1, 0.15) is 44.7 Å². The molecule has 1 aromatic carbocycles. The highest BCUT2D eigenvalue weighted by atomic mass is 15.1. The van der Waals surface area contributed by atoms with Crippen LogP contribution in [0, 0.1) is 0 Å². The summed E-state index contributed by atoms with van der Waals surface area (Å²) in [6.07, 6.45) is 4.23. The molecule has 0 aromatic heterocycles. The third-order valence-corrected chi connectivity index (χ3v) is 3.85. The Hall–Kier alpha value is -1.12. The van der Waals surface area contributed by atoms with Crippen molar-refractivity contribution in [3.05, 3.63) is 48.0 Å². The van der Waals surface area contributed by atoms with Gasteiger partial charge in [-0.1, -0.05) is 44.2 Å². The summed E-state index contributed by atoms with van der Waals surface area (Å²) in [5.74, 6) is 0. The molecule has 0 amide bonds. The van der Waals surface area contributed by atoms with Crippen LogP contribution in [0.4, 0.5) is 0 Å². The van der Waals surface area contributed by atoms with Crippen LogP contribution in [0.25, 0.3) is 0 Å². The second kappa shape index (κ2) is 9.73. The first-order valence-electron chi connectivity index (χ1n) is 7.84. The van der Waals surface area contributed by atoms with Gasteiger partial charge in [0.25, 0.3) is 0 Å². The van der Waals surface area contributed by atoms with Gasteiger partial charge in [-0.3, -0.25) is 4.90 Å². The lowest BCUT2D eigenvalue weighted by atomic mass is 10.1. The van der Waals surface area contributed by atoms with Crippen molar-refractivity contribution in [2.24, 2.45) is 0 Å². The highest BCUT2D eigenvalue weighted by Gasteiger charge is 2.07. The van der Waals surface area contributed by atoms with Gasteiger partial charge in [0, 0.05) is 19.1 Å². The molecule has 1 rings (SSSR count). The zero-order valence-corrected chi connectivity index (χ0v) is 13.4. The van der Waals surface area contributed by atoms with Crippen molar-refractivity contribution in [1.82, 2.24) is 10.2 Å². The van der Waals surface area contributed by atoms with E-state index in [9.17, 15) is 0 Å². The molecule has 2 heteroatoms. The number of allylic oxidation sites excluding steroid dienone is 1. The molecular formula is C18H30N2. The zero-order valence-electron chi connectivity index (χ0n) is 13.4. The van der Waals surface area contributed by atoms with Gasteiger partial charge in [0.05, 0.1) is 0 Å². The van der Waals surface area contributed by atoms with Crippen LogP contribution in [0.5, 0.6) is 0 Å². The number of nitrogens with one attached hydrogen (secondary N) is 1. The third-order valence-electron chi connectivity index (χ3n) is 3.85. The van der Waals surface area contributed by atoms with Gasteiger partial charge >= 0.3 is 0 Å². The molecular weight excluding hydrogens is 244 g/mol. The molecule has 0 heterocycles. The normalized spacial score (nSPS) is 12.6. The van der Waals surface area contributed by atoms with Crippen LogP contribution in [0.15, 0.2) is 36.9 Å². The highest BCUT2D eigenvalue weighted by molar-refractivity contribution is 5.27. The molecule has 0 saturated heterocycles. The maximum atomic E-state index is 3.78. The average molecular weight is 274 g/mol. The highest BCUT2D eigenvalue weighted by Crippen LogP contribution is 2.12. The third kappa shape index (κ3) is 5.89. The number of nitrogens with zero attached hydrogens (tertiary/aromatic N) is 1. The molecule has 0 radical (unpaired) electrons. The molecule has 1 atom stereocenters. The van der Waals surface area contributed by atoms with Gasteiger partial charge in [-0.2, -0.15) is 0 Å². The Morgan fingerprint density at radius 3 is 2.45 bits per heavy atom. The van der Waals surface area contributed by atoms with Crippen LogP contribution in [-0.2, 0) is 13.1 Å². The van der Waals surface area contributed by atoms with Crippen LogP contribution in [-0.4, -0.2) is 24.0 Å². The Balaban J connectivity index is 2.58. The minimum absolute atomic E-state index is 0.537. The predicted octanol–water partition coefficient (Wildman–Crippen LogP) is 3.97. The van der Waals surface area contributed by atoms with Gasteiger partial charge in [-0.15, -0.1) is 6.58 Å². The Morgan fingerprint density at radius 1 is 1.20 bits per heavy atom. The van der Waals surface area contributed by atoms with Gasteiger partial charge in [-0.25, -0.2) is 0 Å². The first kappa shape index (κ1) is 16.9. The van der Waals surface area contributed by atoms with Crippen LogP contribution < -0.4 is 5.32 Å². The van der Waals surface area contributed by atoms with E-state index in [4.69, 9.17) is 0 Å². The molecule has 2 nitrogen and oxygen atoms in total. The first-order valence-corrected chi connectivity index (χ1v) is 7.84. The van der Waals surface area contributed by atoms with Gasteiger partial charge in [-0.05, 0) is 44.0 Å². The van der Waals surface area contributed by atoms with Crippen molar-refractivity contribution < 1.29 is 0 Å². The van der Waals surface area contributed by atoms with Crippen molar-refractivity contribution >= 4 is 0 Å². The lowest BCUT2D eigenvalue weighted by molar-refractivity contribution is 0.294. The summed E-state index contributed by atoms with van der Waals surface area (Å²) in [6.45, 7) is 14.7. The van der Waals surface area contributed by atoms with E-state index in [2.05, 4.69) is 61.8 Å². The molecule has 0 aliphatic carbocycles. The average Bonchev–Trinajstić information content (AvgIpc) is 2.49. The molecule has 20 heavy (non-hydrogen) atoms. The molecule has 0 aliphatic rings. The van der Waals surface area contributed by atoms with E-state index in [0.29, 0.717) is 6.04 Å². The van der Waals surface area contributed by atoms with E-state index in [-0.39, 0.29) is 0 Å². The van der Waals surface area contributed by atoms with E-state index >= 15 is 0 Å². The predicted molar refractivity (Wildman–Crippen MR) is 88.8 cm³/mol. The zero-order chi connectivity index (χ0) is 14.8. The van der Waals surface area contributed by atoms with Gasteiger partial charge in [0.15, 0.2) is 0 Å². The molecule has 1 N–H and O–H groups in total. The molecule has 0 saturated carbocycles. The lowest BCUT2D eigenvalue weighted by Crippen LogP contribution is -2.27. The van der Waals surface area contributed by atoms with E-state index in [0.717, 1.165) is 39.0 Å². The number of hydrogen-bond acceptors (Lipinski definition) is 2. The van der Waals surface area contributed by atoms with E-state index in [1.54, 1.807) is 0 Å². The molecule has 0 spiro atoms. The second-order valence-corrected chi connectivity index (χ2v) is 5.38. The SMILES string of the molecule is C=CCCC(C)NCc1ccccc1CN(CC)CC. The molecule has 0 aliphatic heterocycles. The van der Waals surface area contributed by atoms with Crippen LogP contribution in [0.3, 0.4) is 0 Å². The summed E-state index contributed by atoms with van der Waals surface area (Å²) in [5, 5.41) is 3.62. The number of benzene rings is 1.